The number of carbonyl (C=O) groups excluding carboxylic acids is 1. The first-order valence-electron chi connectivity index (χ1n) is 8.10. The number of sulfone groups is 1. The standard InChI is InChI=1S/C19H21NO3S/c1-15-13-17-9-5-6-10-18(17)20(15)19(21)11-12-24(22,23)14-16-7-3-2-4-8-16/h2-10,15H,11-14H2,1H3/t15-/m1/s1. The number of para-hydroxylation sites is 1. The number of fused-ring (bicyclic) bond motifs is 1. The molecule has 1 amide bonds. The molecule has 24 heavy (non-hydrogen) atoms. The second-order valence-corrected chi connectivity index (χ2v) is 8.46. The molecule has 2 aromatic carbocycles. The van der Waals surface area contributed by atoms with E-state index in [9.17, 15) is 13.2 Å². The molecule has 5 heteroatoms. The van der Waals surface area contributed by atoms with E-state index >= 15 is 0 Å². The third-order valence-corrected chi connectivity index (χ3v) is 5.93. The van der Waals surface area contributed by atoms with E-state index in [-0.39, 0.29) is 29.9 Å². The van der Waals surface area contributed by atoms with Gasteiger partial charge in [0.05, 0.1) is 11.5 Å². The smallest absolute Gasteiger partial charge is 0.228 e. The van der Waals surface area contributed by atoms with Gasteiger partial charge in [-0.05, 0) is 30.5 Å². The van der Waals surface area contributed by atoms with Gasteiger partial charge in [-0.2, -0.15) is 0 Å². The van der Waals surface area contributed by atoms with E-state index in [1.54, 1.807) is 17.0 Å². The Balaban J connectivity index is 1.65. The summed E-state index contributed by atoms with van der Waals surface area (Å²) in [4.78, 5) is 14.3. The van der Waals surface area contributed by atoms with Gasteiger partial charge in [-0.1, -0.05) is 48.5 Å². The molecule has 2 aromatic rings. The molecule has 126 valence electrons. The average Bonchev–Trinajstić information content (AvgIpc) is 2.89. The second kappa shape index (κ2) is 6.77. The Labute approximate surface area is 143 Å². The summed E-state index contributed by atoms with van der Waals surface area (Å²) in [5.74, 6) is -0.261. The molecule has 3 rings (SSSR count). The van der Waals surface area contributed by atoms with Crippen LogP contribution in [0.3, 0.4) is 0 Å². The van der Waals surface area contributed by atoms with E-state index in [0.29, 0.717) is 0 Å². The van der Waals surface area contributed by atoms with Gasteiger partial charge >= 0.3 is 0 Å². The molecule has 0 aliphatic carbocycles. The summed E-state index contributed by atoms with van der Waals surface area (Å²) >= 11 is 0. The first kappa shape index (κ1) is 16.7. The van der Waals surface area contributed by atoms with Crippen LogP contribution < -0.4 is 4.90 Å². The highest BCUT2D eigenvalue weighted by molar-refractivity contribution is 7.90. The Bertz CT molecular complexity index is 831. The van der Waals surface area contributed by atoms with E-state index in [4.69, 9.17) is 0 Å². The van der Waals surface area contributed by atoms with Gasteiger partial charge in [0, 0.05) is 18.2 Å². The molecule has 0 N–H and O–H groups in total. The van der Waals surface area contributed by atoms with Crippen molar-refractivity contribution in [3.63, 3.8) is 0 Å². The maximum absolute atomic E-state index is 12.6. The summed E-state index contributed by atoms with van der Waals surface area (Å²) in [6.07, 6.45) is 0.840. The van der Waals surface area contributed by atoms with Crippen LogP contribution in [0.1, 0.15) is 24.5 Å². The lowest BCUT2D eigenvalue weighted by Crippen LogP contribution is -2.36. The normalized spacial score (nSPS) is 16.9. The van der Waals surface area contributed by atoms with Crippen molar-refractivity contribution in [3.8, 4) is 0 Å². The number of benzene rings is 2. The summed E-state index contributed by atoms with van der Waals surface area (Å²) in [6.45, 7) is 2.00. The largest absolute Gasteiger partial charge is 0.309 e. The minimum atomic E-state index is -3.30. The number of hydrogen-bond acceptors (Lipinski definition) is 3. The minimum absolute atomic E-state index is 0.0206. The Kier molecular flexibility index (Phi) is 4.71. The van der Waals surface area contributed by atoms with Crippen molar-refractivity contribution >= 4 is 21.4 Å². The minimum Gasteiger partial charge on any atom is -0.309 e. The molecule has 0 radical (unpaired) electrons. The van der Waals surface area contributed by atoms with Crippen LogP contribution in [0.4, 0.5) is 5.69 Å². The van der Waals surface area contributed by atoms with Crippen LogP contribution in [0.15, 0.2) is 54.6 Å². The molecule has 0 aromatic heterocycles. The van der Waals surface area contributed by atoms with Crippen LogP contribution in [0.2, 0.25) is 0 Å². The molecule has 1 aliphatic heterocycles. The Morgan fingerprint density at radius 1 is 1.08 bits per heavy atom. The van der Waals surface area contributed by atoms with Gasteiger partial charge < -0.3 is 4.90 Å². The zero-order valence-corrected chi connectivity index (χ0v) is 14.5. The molecule has 0 saturated carbocycles. The summed E-state index contributed by atoms with van der Waals surface area (Å²) < 4.78 is 24.6. The molecule has 0 saturated heterocycles. The zero-order valence-electron chi connectivity index (χ0n) is 13.7. The Morgan fingerprint density at radius 3 is 2.50 bits per heavy atom. The molecule has 0 unspecified atom stereocenters. The topological polar surface area (TPSA) is 54.5 Å². The fourth-order valence-corrected chi connectivity index (χ4v) is 4.54. The highest BCUT2D eigenvalue weighted by Crippen LogP contribution is 2.32. The van der Waals surface area contributed by atoms with Crippen LogP contribution in [0.5, 0.6) is 0 Å². The molecular weight excluding hydrogens is 322 g/mol. The maximum atomic E-state index is 12.6. The number of carbonyl (C=O) groups is 1. The molecule has 4 nitrogen and oxygen atoms in total. The zero-order chi connectivity index (χ0) is 17.2. The molecule has 1 heterocycles. The van der Waals surface area contributed by atoms with Crippen LogP contribution in [0, 0.1) is 0 Å². The fraction of sp³-hybridized carbons (Fsp3) is 0.316. The number of anilines is 1. The van der Waals surface area contributed by atoms with E-state index in [0.717, 1.165) is 23.2 Å². The number of hydrogen-bond donors (Lipinski definition) is 0. The lowest BCUT2D eigenvalue weighted by Gasteiger charge is -2.22. The molecule has 1 atom stereocenters. The van der Waals surface area contributed by atoms with E-state index in [1.807, 2.05) is 49.4 Å². The van der Waals surface area contributed by atoms with Gasteiger partial charge in [-0.25, -0.2) is 8.42 Å². The molecule has 0 bridgehead atoms. The number of nitrogens with zero attached hydrogens (tertiary/aromatic N) is 1. The summed E-state index contributed by atoms with van der Waals surface area (Å²) in [6, 6.07) is 17.0. The third-order valence-electron chi connectivity index (χ3n) is 4.33. The summed E-state index contributed by atoms with van der Waals surface area (Å²) in [7, 11) is -3.30. The van der Waals surface area contributed by atoms with Crippen molar-refractivity contribution in [2.75, 3.05) is 10.7 Å². The van der Waals surface area contributed by atoms with E-state index < -0.39 is 9.84 Å². The predicted octanol–water partition coefficient (Wildman–Crippen LogP) is 2.97. The van der Waals surface area contributed by atoms with Gasteiger partial charge in [0.2, 0.25) is 5.91 Å². The van der Waals surface area contributed by atoms with Crippen molar-refractivity contribution in [1.82, 2.24) is 0 Å². The predicted molar refractivity (Wildman–Crippen MR) is 95.6 cm³/mol. The highest BCUT2D eigenvalue weighted by atomic mass is 32.2. The number of rotatable bonds is 5. The van der Waals surface area contributed by atoms with E-state index in [1.165, 1.54) is 0 Å². The average molecular weight is 343 g/mol. The first-order chi connectivity index (χ1) is 11.5. The van der Waals surface area contributed by atoms with Crippen LogP contribution in [0.25, 0.3) is 0 Å². The number of amides is 1. The fourth-order valence-electron chi connectivity index (χ4n) is 3.21. The lowest BCUT2D eigenvalue weighted by atomic mass is 10.1. The highest BCUT2D eigenvalue weighted by Gasteiger charge is 2.30. The van der Waals surface area contributed by atoms with Crippen molar-refractivity contribution in [3.05, 3.63) is 65.7 Å². The van der Waals surface area contributed by atoms with Crippen LogP contribution >= 0.6 is 0 Å². The molecule has 1 aliphatic rings. The second-order valence-electron chi connectivity index (χ2n) is 6.27. The van der Waals surface area contributed by atoms with Crippen molar-refractivity contribution < 1.29 is 13.2 Å². The van der Waals surface area contributed by atoms with Crippen molar-refractivity contribution in [2.45, 2.75) is 31.6 Å². The van der Waals surface area contributed by atoms with Gasteiger partial charge in [0.15, 0.2) is 9.84 Å². The maximum Gasteiger partial charge on any atom is 0.228 e. The lowest BCUT2D eigenvalue weighted by molar-refractivity contribution is -0.118. The Hall–Kier alpha value is -2.14. The quantitative estimate of drug-likeness (QED) is 0.839. The molecule has 0 spiro atoms. The van der Waals surface area contributed by atoms with Crippen molar-refractivity contribution in [2.24, 2.45) is 0 Å². The van der Waals surface area contributed by atoms with Crippen LogP contribution in [-0.2, 0) is 26.8 Å². The Morgan fingerprint density at radius 2 is 1.75 bits per heavy atom. The van der Waals surface area contributed by atoms with Gasteiger partial charge in [0.25, 0.3) is 0 Å². The van der Waals surface area contributed by atoms with Crippen molar-refractivity contribution in [1.29, 1.82) is 0 Å². The summed E-state index contributed by atoms with van der Waals surface area (Å²) in [5, 5.41) is 0. The molecule has 0 fully saturated rings. The van der Waals surface area contributed by atoms with Gasteiger partial charge in [0.1, 0.15) is 0 Å². The van der Waals surface area contributed by atoms with Crippen LogP contribution in [-0.4, -0.2) is 26.1 Å². The third kappa shape index (κ3) is 3.67. The SMILES string of the molecule is C[C@@H]1Cc2ccccc2N1C(=O)CCS(=O)(=O)Cc1ccccc1. The first-order valence-corrected chi connectivity index (χ1v) is 9.93. The van der Waals surface area contributed by atoms with E-state index in [2.05, 4.69) is 0 Å². The monoisotopic (exact) mass is 343 g/mol. The summed E-state index contributed by atoms with van der Waals surface area (Å²) in [5.41, 5.74) is 2.81. The molecular formula is C19H21NO3S. The van der Waals surface area contributed by atoms with Gasteiger partial charge in [-0.3, -0.25) is 4.79 Å². The van der Waals surface area contributed by atoms with Gasteiger partial charge in [-0.15, -0.1) is 0 Å².